The predicted octanol–water partition coefficient (Wildman–Crippen LogP) is 0.319. The van der Waals surface area contributed by atoms with Gasteiger partial charge in [0.25, 0.3) is 0 Å². The first-order valence-electron chi connectivity index (χ1n) is 5.59. The maximum Gasteiger partial charge on any atom is 0.108 e. The van der Waals surface area contributed by atoms with Crippen LogP contribution in [-0.2, 0) is 11.3 Å². The Morgan fingerprint density at radius 3 is 2.80 bits per heavy atom. The van der Waals surface area contributed by atoms with E-state index in [0.717, 1.165) is 17.5 Å². The lowest BCUT2D eigenvalue weighted by atomic mass is 10.0. The summed E-state index contributed by atoms with van der Waals surface area (Å²) >= 11 is 0. The number of ether oxygens (including phenoxy) is 1. The van der Waals surface area contributed by atoms with Gasteiger partial charge in [-0.2, -0.15) is 0 Å². The zero-order valence-electron chi connectivity index (χ0n) is 8.65. The first-order valence-corrected chi connectivity index (χ1v) is 5.59. The summed E-state index contributed by atoms with van der Waals surface area (Å²) < 4.78 is 5.83. The number of hydrogen-bond acceptors (Lipinski definition) is 4. The zero-order chi connectivity index (χ0) is 10.1. The SMILES string of the molecule is c1[nH]nnc1CO[C@@H]1C[C@H]2CNC[C@H]2C1. The number of hydrogen-bond donors (Lipinski definition) is 2. The van der Waals surface area contributed by atoms with Crippen molar-refractivity contribution in [2.45, 2.75) is 25.6 Å². The van der Waals surface area contributed by atoms with E-state index in [1.165, 1.54) is 25.9 Å². The molecule has 0 radical (unpaired) electrons. The van der Waals surface area contributed by atoms with Gasteiger partial charge in [-0.3, -0.25) is 5.10 Å². The number of rotatable bonds is 3. The second-order valence-electron chi connectivity index (χ2n) is 4.55. The Labute approximate surface area is 88.6 Å². The van der Waals surface area contributed by atoms with Gasteiger partial charge in [-0.25, -0.2) is 0 Å². The monoisotopic (exact) mass is 208 g/mol. The number of aromatic amines is 1. The lowest BCUT2D eigenvalue weighted by Crippen LogP contribution is -2.16. The molecule has 5 nitrogen and oxygen atoms in total. The van der Waals surface area contributed by atoms with Gasteiger partial charge in [0.15, 0.2) is 0 Å². The molecule has 2 heterocycles. The molecule has 1 saturated carbocycles. The molecule has 2 aliphatic rings. The third kappa shape index (κ3) is 1.89. The van der Waals surface area contributed by atoms with Crippen molar-refractivity contribution in [3.63, 3.8) is 0 Å². The predicted molar refractivity (Wildman–Crippen MR) is 54.0 cm³/mol. The van der Waals surface area contributed by atoms with Crippen LogP contribution in [0.15, 0.2) is 6.20 Å². The van der Waals surface area contributed by atoms with E-state index in [0.29, 0.717) is 12.7 Å². The summed E-state index contributed by atoms with van der Waals surface area (Å²) in [7, 11) is 0. The van der Waals surface area contributed by atoms with Crippen LogP contribution in [-0.4, -0.2) is 34.6 Å². The van der Waals surface area contributed by atoms with Crippen LogP contribution in [0.1, 0.15) is 18.5 Å². The van der Waals surface area contributed by atoms with Crippen molar-refractivity contribution >= 4 is 0 Å². The van der Waals surface area contributed by atoms with Crippen LogP contribution in [0.5, 0.6) is 0 Å². The van der Waals surface area contributed by atoms with Gasteiger partial charge >= 0.3 is 0 Å². The maximum absolute atomic E-state index is 5.83. The molecular formula is C10H16N4O. The van der Waals surface area contributed by atoms with Crippen LogP contribution in [0.3, 0.4) is 0 Å². The fraction of sp³-hybridized carbons (Fsp3) is 0.800. The van der Waals surface area contributed by atoms with E-state index in [4.69, 9.17) is 4.74 Å². The molecular weight excluding hydrogens is 192 g/mol. The summed E-state index contributed by atoms with van der Waals surface area (Å²) in [6.45, 7) is 2.94. The minimum atomic E-state index is 0.429. The molecule has 1 aliphatic heterocycles. The third-order valence-electron chi connectivity index (χ3n) is 3.55. The molecule has 0 bridgehead atoms. The highest BCUT2D eigenvalue weighted by Crippen LogP contribution is 2.36. The van der Waals surface area contributed by atoms with Crippen LogP contribution < -0.4 is 5.32 Å². The van der Waals surface area contributed by atoms with Gasteiger partial charge in [0.1, 0.15) is 5.69 Å². The van der Waals surface area contributed by atoms with E-state index in [-0.39, 0.29) is 0 Å². The highest BCUT2D eigenvalue weighted by Gasteiger charge is 2.37. The third-order valence-corrected chi connectivity index (χ3v) is 3.55. The standard InChI is InChI=1S/C10H16N4O/c1-7-3-11-4-8(7)2-10(1)15-6-9-5-12-14-13-9/h5,7-8,10-11H,1-4,6H2,(H,12,13,14)/t7-,8+,10+. The Morgan fingerprint density at radius 1 is 1.33 bits per heavy atom. The van der Waals surface area contributed by atoms with Crippen LogP contribution in [0.4, 0.5) is 0 Å². The summed E-state index contributed by atoms with van der Waals surface area (Å²) in [5, 5.41) is 13.7. The van der Waals surface area contributed by atoms with E-state index in [2.05, 4.69) is 20.7 Å². The first-order chi connectivity index (χ1) is 7.42. The molecule has 0 amide bonds. The van der Waals surface area contributed by atoms with Gasteiger partial charge in [-0.1, -0.05) is 5.21 Å². The summed E-state index contributed by atoms with van der Waals surface area (Å²) in [6.07, 6.45) is 4.63. The van der Waals surface area contributed by atoms with Crippen molar-refractivity contribution in [3.8, 4) is 0 Å². The lowest BCUT2D eigenvalue weighted by Gasteiger charge is -2.11. The summed E-state index contributed by atoms with van der Waals surface area (Å²) in [5.41, 5.74) is 0.894. The normalized spacial score (nSPS) is 34.5. The highest BCUT2D eigenvalue weighted by atomic mass is 16.5. The molecule has 3 atom stereocenters. The molecule has 1 aliphatic carbocycles. The van der Waals surface area contributed by atoms with E-state index >= 15 is 0 Å². The van der Waals surface area contributed by atoms with Crippen molar-refractivity contribution in [2.75, 3.05) is 13.1 Å². The van der Waals surface area contributed by atoms with E-state index in [9.17, 15) is 0 Å². The summed E-state index contributed by atoms with van der Waals surface area (Å²) in [6, 6.07) is 0. The number of H-pyrrole nitrogens is 1. The number of nitrogens with zero attached hydrogens (tertiary/aromatic N) is 2. The Morgan fingerprint density at radius 2 is 2.13 bits per heavy atom. The molecule has 2 fully saturated rings. The van der Waals surface area contributed by atoms with Crippen molar-refractivity contribution in [2.24, 2.45) is 11.8 Å². The lowest BCUT2D eigenvalue weighted by molar-refractivity contribution is 0.0385. The van der Waals surface area contributed by atoms with Gasteiger partial charge < -0.3 is 10.1 Å². The Hall–Kier alpha value is -0.940. The molecule has 1 aromatic rings. The van der Waals surface area contributed by atoms with Crippen LogP contribution in [0.2, 0.25) is 0 Å². The number of aromatic nitrogens is 3. The van der Waals surface area contributed by atoms with Gasteiger partial charge in [0.05, 0.1) is 12.7 Å². The fourth-order valence-corrected chi connectivity index (χ4v) is 2.75. The molecule has 1 saturated heterocycles. The van der Waals surface area contributed by atoms with Gasteiger partial charge in [0, 0.05) is 6.20 Å². The van der Waals surface area contributed by atoms with Crippen molar-refractivity contribution in [1.29, 1.82) is 0 Å². The molecule has 0 unspecified atom stereocenters. The average molecular weight is 208 g/mol. The van der Waals surface area contributed by atoms with Crippen LogP contribution in [0, 0.1) is 11.8 Å². The van der Waals surface area contributed by atoms with E-state index in [1.807, 2.05) is 0 Å². The van der Waals surface area contributed by atoms with Gasteiger partial charge in [0.2, 0.25) is 0 Å². The highest BCUT2D eigenvalue weighted by molar-refractivity contribution is 4.92. The zero-order valence-corrected chi connectivity index (χ0v) is 8.65. The van der Waals surface area contributed by atoms with Crippen molar-refractivity contribution < 1.29 is 4.74 Å². The Bertz CT molecular complexity index is 301. The topological polar surface area (TPSA) is 62.8 Å². The smallest absolute Gasteiger partial charge is 0.108 e. The summed E-state index contributed by atoms with van der Waals surface area (Å²) in [4.78, 5) is 0. The number of nitrogens with one attached hydrogen (secondary N) is 2. The number of fused-ring (bicyclic) bond motifs is 1. The van der Waals surface area contributed by atoms with Crippen LogP contribution in [0.25, 0.3) is 0 Å². The minimum Gasteiger partial charge on any atom is -0.372 e. The summed E-state index contributed by atoms with van der Waals surface area (Å²) in [5.74, 6) is 1.68. The molecule has 2 N–H and O–H groups in total. The largest absolute Gasteiger partial charge is 0.372 e. The van der Waals surface area contributed by atoms with Crippen molar-refractivity contribution in [3.05, 3.63) is 11.9 Å². The van der Waals surface area contributed by atoms with E-state index in [1.54, 1.807) is 6.20 Å². The average Bonchev–Trinajstić information content (AvgIpc) is 2.91. The Balaban J connectivity index is 1.49. The van der Waals surface area contributed by atoms with Crippen LogP contribution >= 0.6 is 0 Å². The minimum absolute atomic E-state index is 0.429. The fourth-order valence-electron chi connectivity index (χ4n) is 2.75. The molecule has 0 aromatic carbocycles. The van der Waals surface area contributed by atoms with Gasteiger partial charge in [-0.15, -0.1) is 5.10 Å². The molecule has 1 aromatic heterocycles. The molecule has 82 valence electrons. The molecule has 3 rings (SSSR count). The van der Waals surface area contributed by atoms with Gasteiger partial charge in [-0.05, 0) is 37.8 Å². The van der Waals surface area contributed by atoms with Crippen molar-refractivity contribution in [1.82, 2.24) is 20.7 Å². The quantitative estimate of drug-likeness (QED) is 0.751. The maximum atomic E-state index is 5.83. The molecule has 15 heavy (non-hydrogen) atoms. The molecule has 5 heteroatoms. The van der Waals surface area contributed by atoms with E-state index < -0.39 is 0 Å². The second-order valence-corrected chi connectivity index (χ2v) is 4.55. The Kier molecular flexibility index (Phi) is 2.42. The second kappa shape index (κ2) is 3.90. The molecule has 0 spiro atoms. The first kappa shape index (κ1) is 9.30.